The van der Waals surface area contributed by atoms with E-state index in [2.05, 4.69) is 10.3 Å². The Morgan fingerprint density at radius 1 is 1.28 bits per heavy atom. The molecule has 2 aliphatic heterocycles. The second-order valence-corrected chi connectivity index (χ2v) is 8.65. The zero-order chi connectivity index (χ0) is 21.3. The van der Waals surface area contributed by atoms with E-state index in [0.717, 1.165) is 19.0 Å². The number of carbonyl (C=O) groups is 3. The van der Waals surface area contributed by atoms with Crippen LogP contribution in [0, 0.1) is 11.7 Å². The number of alkyl carbamates (subject to hydrolysis) is 1. The van der Waals surface area contributed by atoms with Gasteiger partial charge in [0.1, 0.15) is 11.6 Å². The van der Waals surface area contributed by atoms with Gasteiger partial charge in [0.15, 0.2) is 5.82 Å². The number of fused-ring (bicyclic) bond motifs is 2. The second-order valence-electron chi connectivity index (χ2n) is 8.65. The van der Waals surface area contributed by atoms with Crippen molar-refractivity contribution >= 4 is 18.0 Å². The highest BCUT2D eigenvalue weighted by atomic mass is 19.1. The molecule has 0 aromatic carbocycles. The zero-order valence-corrected chi connectivity index (χ0v) is 16.7. The van der Waals surface area contributed by atoms with Crippen LogP contribution in [0.2, 0.25) is 0 Å². The summed E-state index contributed by atoms with van der Waals surface area (Å²) >= 11 is 0. The number of carboxylic acid groups (broad SMARTS) is 1. The number of halogens is 1. The number of ether oxygens (including phenoxy) is 1. The Bertz CT molecular complexity index is 796. The molecule has 1 aromatic rings. The number of rotatable bonds is 4. The number of piperidine rings is 1. The lowest BCUT2D eigenvalue weighted by Crippen LogP contribution is -2.54. The number of aliphatic carboxylic acids is 1. The number of nitrogens with zero attached hydrogens (tertiary/aromatic N) is 2. The van der Waals surface area contributed by atoms with Crippen LogP contribution in [0.3, 0.4) is 0 Å². The molecule has 2 fully saturated rings. The van der Waals surface area contributed by atoms with Crippen LogP contribution in [-0.4, -0.2) is 56.7 Å². The summed E-state index contributed by atoms with van der Waals surface area (Å²) in [7, 11) is 0. The molecule has 0 aliphatic carbocycles. The first kappa shape index (κ1) is 21.0. The summed E-state index contributed by atoms with van der Waals surface area (Å²) in [5.74, 6) is -2.55. The van der Waals surface area contributed by atoms with Gasteiger partial charge in [0.2, 0.25) is 0 Å². The first-order chi connectivity index (χ1) is 13.6. The van der Waals surface area contributed by atoms with E-state index in [9.17, 15) is 23.9 Å². The van der Waals surface area contributed by atoms with Crippen LogP contribution in [0.1, 0.15) is 56.8 Å². The molecular weight excluding hydrogens is 381 g/mol. The number of pyridine rings is 1. The minimum atomic E-state index is -1.14. The van der Waals surface area contributed by atoms with E-state index in [-0.39, 0.29) is 23.6 Å². The van der Waals surface area contributed by atoms with Crippen molar-refractivity contribution < 1.29 is 28.6 Å². The fourth-order valence-electron chi connectivity index (χ4n) is 4.33. The Kier molecular flexibility index (Phi) is 5.77. The molecule has 2 unspecified atom stereocenters. The Labute approximate surface area is 168 Å². The maximum absolute atomic E-state index is 14.0. The summed E-state index contributed by atoms with van der Waals surface area (Å²) in [6, 6.07) is -0.141. The van der Waals surface area contributed by atoms with Crippen molar-refractivity contribution in [2.24, 2.45) is 5.92 Å². The van der Waals surface area contributed by atoms with Crippen molar-refractivity contribution in [3.63, 3.8) is 0 Å². The SMILES string of the molecule is CC(C)(C)OC(=O)N[C@H](C(=O)O)C1CC2CCC(C1)N2C(=O)c1ccncc1F. The molecule has 0 spiro atoms. The van der Waals surface area contributed by atoms with E-state index in [1.165, 1.54) is 12.3 Å². The molecule has 3 rings (SSSR count). The summed E-state index contributed by atoms with van der Waals surface area (Å²) < 4.78 is 19.2. The predicted octanol–water partition coefficient (Wildman–Crippen LogP) is 2.58. The van der Waals surface area contributed by atoms with Gasteiger partial charge < -0.3 is 20.1 Å². The summed E-state index contributed by atoms with van der Waals surface area (Å²) in [6.07, 6.45) is 3.87. The summed E-state index contributed by atoms with van der Waals surface area (Å²) in [6.45, 7) is 5.10. The fourth-order valence-corrected chi connectivity index (χ4v) is 4.33. The normalized spacial score (nSPS) is 24.7. The molecule has 9 heteroatoms. The van der Waals surface area contributed by atoms with Crippen molar-refractivity contribution in [1.29, 1.82) is 0 Å². The summed E-state index contributed by atoms with van der Waals surface area (Å²) in [4.78, 5) is 42.1. The molecule has 2 bridgehead atoms. The molecule has 3 atom stereocenters. The molecule has 1 aromatic heterocycles. The van der Waals surface area contributed by atoms with E-state index < -0.39 is 35.4 Å². The van der Waals surface area contributed by atoms with E-state index in [0.29, 0.717) is 12.8 Å². The smallest absolute Gasteiger partial charge is 0.408 e. The van der Waals surface area contributed by atoms with Crippen LogP contribution in [0.25, 0.3) is 0 Å². The average Bonchev–Trinajstić information content (AvgIpc) is 2.87. The summed E-state index contributed by atoms with van der Waals surface area (Å²) in [5.41, 5.74) is -0.770. The number of amides is 2. The third kappa shape index (κ3) is 4.65. The van der Waals surface area contributed by atoms with Crippen LogP contribution in [-0.2, 0) is 9.53 Å². The molecule has 0 saturated carbocycles. The van der Waals surface area contributed by atoms with Gasteiger partial charge in [0.05, 0.1) is 11.8 Å². The van der Waals surface area contributed by atoms with Gasteiger partial charge in [-0.3, -0.25) is 9.78 Å². The zero-order valence-electron chi connectivity index (χ0n) is 16.7. The van der Waals surface area contributed by atoms with Gasteiger partial charge in [0, 0.05) is 18.3 Å². The monoisotopic (exact) mass is 407 g/mol. The number of nitrogens with one attached hydrogen (secondary N) is 1. The van der Waals surface area contributed by atoms with E-state index in [4.69, 9.17) is 4.74 Å². The van der Waals surface area contributed by atoms with Crippen molar-refractivity contribution in [2.45, 2.75) is 70.2 Å². The van der Waals surface area contributed by atoms with Crippen LogP contribution in [0.15, 0.2) is 18.5 Å². The Morgan fingerprint density at radius 3 is 2.41 bits per heavy atom. The highest BCUT2D eigenvalue weighted by Gasteiger charge is 2.47. The van der Waals surface area contributed by atoms with Crippen molar-refractivity contribution in [1.82, 2.24) is 15.2 Å². The molecule has 2 amide bonds. The van der Waals surface area contributed by atoms with E-state index in [1.807, 2.05) is 0 Å². The Hall–Kier alpha value is -2.71. The van der Waals surface area contributed by atoms with Gasteiger partial charge in [-0.05, 0) is 58.4 Å². The van der Waals surface area contributed by atoms with Gasteiger partial charge in [-0.15, -0.1) is 0 Å². The molecule has 158 valence electrons. The van der Waals surface area contributed by atoms with Crippen LogP contribution in [0.5, 0.6) is 0 Å². The lowest BCUT2D eigenvalue weighted by Gasteiger charge is -2.41. The largest absolute Gasteiger partial charge is 0.480 e. The molecule has 3 heterocycles. The first-order valence-electron chi connectivity index (χ1n) is 9.71. The molecule has 29 heavy (non-hydrogen) atoms. The van der Waals surface area contributed by atoms with Crippen molar-refractivity contribution in [3.8, 4) is 0 Å². The fraction of sp³-hybridized carbons (Fsp3) is 0.600. The Balaban J connectivity index is 1.72. The van der Waals surface area contributed by atoms with E-state index in [1.54, 1.807) is 25.7 Å². The second kappa shape index (κ2) is 7.96. The van der Waals surface area contributed by atoms with Crippen molar-refractivity contribution in [3.05, 3.63) is 29.8 Å². The van der Waals surface area contributed by atoms with Crippen molar-refractivity contribution in [2.75, 3.05) is 0 Å². The van der Waals surface area contributed by atoms with Crippen LogP contribution < -0.4 is 5.32 Å². The third-order valence-corrected chi connectivity index (χ3v) is 5.42. The quantitative estimate of drug-likeness (QED) is 0.794. The predicted molar refractivity (Wildman–Crippen MR) is 101 cm³/mol. The number of carboxylic acids is 1. The van der Waals surface area contributed by atoms with Gasteiger partial charge in [-0.2, -0.15) is 0 Å². The van der Waals surface area contributed by atoms with E-state index >= 15 is 0 Å². The molecule has 2 N–H and O–H groups in total. The lowest BCUT2D eigenvalue weighted by atomic mass is 9.84. The molecule has 0 radical (unpaired) electrons. The maximum Gasteiger partial charge on any atom is 0.408 e. The minimum Gasteiger partial charge on any atom is -0.480 e. The average molecular weight is 407 g/mol. The van der Waals surface area contributed by atoms with Crippen LogP contribution >= 0.6 is 0 Å². The first-order valence-corrected chi connectivity index (χ1v) is 9.71. The highest BCUT2D eigenvalue weighted by molar-refractivity contribution is 5.95. The topological polar surface area (TPSA) is 109 Å². The van der Waals surface area contributed by atoms with Crippen LogP contribution in [0.4, 0.5) is 9.18 Å². The van der Waals surface area contributed by atoms with Gasteiger partial charge in [-0.1, -0.05) is 0 Å². The van der Waals surface area contributed by atoms with Gasteiger partial charge in [-0.25, -0.2) is 14.0 Å². The molecule has 2 aliphatic rings. The molecule has 2 saturated heterocycles. The number of aromatic nitrogens is 1. The molecule has 8 nitrogen and oxygen atoms in total. The number of carbonyl (C=O) groups excluding carboxylic acids is 2. The maximum atomic E-state index is 14.0. The standard InChI is InChI=1S/C20H26FN3O5/c1-20(2,3)29-19(28)23-16(18(26)27)11-8-12-4-5-13(9-11)24(12)17(25)14-6-7-22-10-15(14)21/h6-7,10-13,16H,4-5,8-9H2,1-3H3,(H,23,28)(H,26,27)/t11?,12?,13?,16-/m0/s1. The number of hydrogen-bond acceptors (Lipinski definition) is 5. The molecular formula is C20H26FN3O5. The minimum absolute atomic E-state index is 0.0305. The van der Waals surface area contributed by atoms with Gasteiger partial charge in [0.25, 0.3) is 5.91 Å². The summed E-state index contributed by atoms with van der Waals surface area (Å²) in [5, 5.41) is 12.1. The van der Waals surface area contributed by atoms with Gasteiger partial charge >= 0.3 is 12.1 Å². The number of hydrogen-bond donors (Lipinski definition) is 2. The third-order valence-electron chi connectivity index (χ3n) is 5.42. The lowest BCUT2D eigenvalue weighted by molar-refractivity contribution is -0.141. The highest BCUT2D eigenvalue weighted by Crippen LogP contribution is 2.41. The Morgan fingerprint density at radius 2 is 1.90 bits per heavy atom.